The average molecular weight is 264 g/mol. The van der Waals surface area contributed by atoms with Crippen LogP contribution in [0.4, 0.5) is 0 Å². The van der Waals surface area contributed by atoms with Gasteiger partial charge in [-0.2, -0.15) is 0 Å². The molecule has 1 saturated carbocycles. The number of hydrogen-bond donors (Lipinski definition) is 1. The summed E-state index contributed by atoms with van der Waals surface area (Å²) in [6.07, 6.45) is 13.4. The van der Waals surface area contributed by atoms with Crippen LogP contribution < -0.4 is 0 Å². The summed E-state index contributed by atoms with van der Waals surface area (Å²) in [6, 6.07) is 10.3. The van der Waals surface area contributed by atoms with Gasteiger partial charge in [0, 0.05) is 16.7 Å². The van der Waals surface area contributed by atoms with Crippen molar-refractivity contribution in [2.75, 3.05) is 0 Å². The number of carbonyl (C=O) groups is 1. The molecule has 100 valence electrons. The van der Waals surface area contributed by atoms with E-state index in [9.17, 15) is 9.90 Å². The first-order valence-corrected chi connectivity index (χ1v) is 7.04. The molecule has 1 N–H and O–H groups in total. The third-order valence-electron chi connectivity index (χ3n) is 5.23. The molecule has 20 heavy (non-hydrogen) atoms. The van der Waals surface area contributed by atoms with Gasteiger partial charge in [0.15, 0.2) is 0 Å². The zero-order valence-electron chi connectivity index (χ0n) is 11.1. The number of carboxylic acids is 1. The average Bonchev–Trinajstić information content (AvgIpc) is 3.11. The Bertz CT molecular complexity index is 655. The van der Waals surface area contributed by atoms with E-state index in [1.54, 1.807) is 0 Å². The minimum atomic E-state index is -0.681. The monoisotopic (exact) mass is 264 g/mol. The maximum atomic E-state index is 11.6. The zero-order valence-corrected chi connectivity index (χ0v) is 11.1. The van der Waals surface area contributed by atoms with Crippen molar-refractivity contribution in [3.05, 3.63) is 72.4 Å². The standard InChI is InChI=1S/C18H16O2/c19-16(20)15-17-9-4-5-10-18(15,17)12-14(8-11-17)13-6-2-1-3-7-13/h1-11,14-15H,12H2,(H,19,20)/t14-,15?,17?,18?/m1/s1. The van der Waals surface area contributed by atoms with Crippen LogP contribution in [-0.4, -0.2) is 11.1 Å². The highest BCUT2D eigenvalue weighted by Gasteiger charge is 2.77. The summed E-state index contributed by atoms with van der Waals surface area (Å²) in [6.45, 7) is 0. The third-order valence-corrected chi connectivity index (χ3v) is 5.23. The summed E-state index contributed by atoms with van der Waals surface area (Å²) in [5.41, 5.74) is 0.771. The minimum Gasteiger partial charge on any atom is -0.481 e. The van der Waals surface area contributed by atoms with Crippen molar-refractivity contribution < 1.29 is 9.90 Å². The summed E-state index contributed by atoms with van der Waals surface area (Å²) in [5, 5.41) is 9.56. The van der Waals surface area contributed by atoms with Crippen molar-refractivity contribution in [1.82, 2.24) is 0 Å². The number of benzene rings is 1. The molecular weight excluding hydrogens is 248 g/mol. The zero-order chi connectivity index (χ0) is 13.8. The molecule has 2 heteroatoms. The highest BCUT2D eigenvalue weighted by atomic mass is 16.4. The second-order valence-electron chi connectivity index (χ2n) is 6.04. The molecule has 1 fully saturated rings. The van der Waals surface area contributed by atoms with E-state index < -0.39 is 5.97 Å². The smallest absolute Gasteiger partial charge is 0.308 e. The molecular formula is C18H16O2. The van der Waals surface area contributed by atoms with Crippen LogP contribution in [-0.2, 0) is 4.79 Å². The van der Waals surface area contributed by atoms with E-state index in [4.69, 9.17) is 0 Å². The fraction of sp³-hybridized carbons (Fsp3) is 0.278. The van der Waals surface area contributed by atoms with Gasteiger partial charge < -0.3 is 5.11 Å². The summed E-state index contributed by atoms with van der Waals surface area (Å²) in [5.74, 6) is -0.681. The minimum absolute atomic E-state index is 0.219. The van der Waals surface area contributed by atoms with Gasteiger partial charge in [-0.3, -0.25) is 4.79 Å². The van der Waals surface area contributed by atoms with Crippen molar-refractivity contribution in [2.45, 2.75) is 12.3 Å². The van der Waals surface area contributed by atoms with Crippen LogP contribution in [0.3, 0.4) is 0 Å². The van der Waals surface area contributed by atoms with Gasteiger partial charge in [0.05, 0.1) is 5.92 Å². The van der Waals surface area contributed by atoms with Crippen molar-refractivity contribution in [3.8, 4) is 0 Å². The van der Waals surface area contributed by atoms with Crippen molar-refractivity contribution in [3.63, 3.8) is 0 Å². The molecule has 0 saturated heterocycles. The molecule has 0 bridgehead atoms. The van der Waals surface area contributed by atoms with Gasteiger partial charge in [0.2, 0.25) is 0 Å². The molecule has 0 amide bonds. The number of rotatable bonds is 2. The van der Waals surface area contributed by atoms with Crippen molar-refractivity contribution in [1.29, 1.82) is 0 Å². The number of carboxylic acid groups (broad SMARTS) is 1. The van der Waals surface area contributed by atoms with Crippen LogP contribution in [0.1, 0.15) is 17.9 Å². The van der Waals surface area contributed by atoms with Gasteiger partial charge in [-0.15, -0.1) is 0 Å². The van der Waals surface area contributed by atoms with Crippen LogP contribution in [0.5, 0.6) is 0 Å². The highest BCUT2D eigenvalue weighted by molar-refractivity contribution is 5.81. The summed E-state index contributed by atoms with van der Waals surface area (Å²) >= 11 is 0. The molecule has 4 rings (SSSR count). The highest BCUT2D eigenvalue weighted by Crippen LogP contribution is 2.77. The molecule has 0 aromatic heterocycles. The Labute approximate surface area is 118 Å². The fourth-order valence-corrected chi connectivity index (χ4v) is 4.27. The van der Waals surface area contributed by atoms with Gasteiger partial charge >= 0.3 is 5.97 Å². The second kappa shape index (κ2) is 3.72. The lowest BCUT2D eigenvalue weighted by molar-refractivity contribution is -0.139. The molecule has 3 aliphatic rings. The predicted molar refractivity (Wildman–Crippen MR) is 77.2 cm³/mol. The maximum Gasteiger partial charge on any atom is 0.308 e. The molecule has 3 aliphatic carbocycles. The Hall–Kier alpha value is -2.09. The van der Waals surface area contributed by atoms with E-state index in [1.165, 1.54) is 5.56 Å². The molecule has 3 unspecified atom stereocenters. The predicted octanol–water partition coefficient (Wildman–Crippen LogP) is 3.54. The van der Waals surface area contributed by atoms with E-state index in [1.807, 2.05) is 30.4 Å². The van der Waals surface area contributed by atoms with Crippen LogP contribution in [0, 0.1) is 16.7 Å². The number of hydrogen-bond acceptors (Lipinski definition) is 1. The Balaban J connectivity index is 1.76. The number of allylic oxidation sites excluding steroid dienone is 6. The molecule has 1 aromatic rings. The lowest BCUT2D eigenvalue weighted by Crippen LogP contribution is -2.18. The van der Waals surface area contributed by atoms with Crippen molar-refractivity contribution in [2.24, 2.45) is 16.7 Å². The van der Waals surface area contributed by atoms with Crippen LogP contribution in [0.25, 0.3) is 0 Å². The van der Waals surface area contributed by atoms with Gasteiger partial charge in [0.1, 0.15) is 0 Å². The molecule has 1 aromatic carbocycles. The largest absolute Gasteiger partial charge is 0.481 e. The third kappa shape index (κ3) is 1.26. The van der Waals surface area contributed by atoms with Crippen molar-refractivity contribution >= 4 is 5.97 Å². The van der Waals surface area contributed by atoms with E-state index in [0.29, 0.717) is 5.92 Å². The normalized spacial score (nSPS) is 40.0. The SMILES string of the molecule is O=C(O)C1C23C=CC=CC12C[C@H](c1ccccc1)C=C3. The first-order valence-electron chi connectivity index (χ1n) is 7.04. The molecule has 0 spiro atoms. The fourth-order valence-electron chi connectivity index (χ4n) is 4.27. The van der Waals surface area contributed by atoms with Crippen LogP contribution in [0.2, 0.25) is 0 Å². The number of aliphatic carboxylic acids is 1. The first-order chi connectivity index (χ1) is 9.70. The van der Waals surface area contributed by atoms with Crippen LogP contribution in [0.15, 0.2) is 66.8 Å². The molecule has 0 radical (unpaired) electrons. The molecule has 2 nitrogen and oxygen atoms in total. The topological polar surface area (TPSA) is 37.3 Å². The molecule has 4 atom stereocenters. The Morgan fingerprint density at radius 2 is 1.85 bits per heavy atom. The Kier molecular flexibility index (Phi) is 2.18. The van der Waals surface area contributed by atoms with Crippen LogP contribution >= 0.6 is 0 Å². The first kappa shape index (κ1) is 11.7. The molecule has 0 heterocycles. The van der Waals surface area contributed by atoms with Gasteiger partial charge in [0.25, 0.3) is 0 Å². The Morgan fingerprint density at radius 1 is 1.10 bits per heavy atom. The molecule has 0 aliphatic heterocycles. The van der Waals surface area contributed by atoms with E-state index in [2.05, 4.69) is 36.4 Å². The quantitative estimate of drug-likeness (QED) is 0.829. The maximum absolute atomic E-state index is 11.6. The summed E-state index contributed by atoms with van der Waals surface area (Å²) in [4.78, 5) is 11.6. The summed E-state index contributed by atoms with van der Waals surface area (Å²) < 4.78 is 0. The lowest BCUT2D eigenvalue weighted by atomic mass is 9.75. The van der Waals surface area contributed by atoms with E-state index in [0.717, 1.165) is 6.42 Å². The summed E-state index contributed by atoms with van der Waals surface area (Å²) in [7, 11) is 0. The second-order valence-corrected chi connectivity index (χ2v) is 6.04. The van der Waals surface area contributed by atoms with Gasteiger partial charge in [-0.05, 0) is 12.0 Å². The Morgan fingerprint density at radius 3 is 2.60 bits per heavy atom. The van der Waals surface area contributed by atoms with Gasteiger partial charge in [-0.1, -0.05) is 66.8 Å². The lowest BCUT2D eigenvalue weighted by Gasteiger charge is -2.28. The van der Waals surface area contributed by atoms with Gasteiger partial charge in [-0.25, -0.2) is 0 Å². The van der Waals surface area contributed by atoms with E-state index >= 15 is 0 Å². The van der Waals surface area contributed by atoms with E-state index in [-0.39, 0.29) is 16.7 Å².